The number of rotatable bonds is 4. The Morgan fingerprint density at radius 3 is 2.43 bits per heavy atom. The molecular formula is C15H12Cl3NOS. The van der Waals surface area contributed by atoms with Crippen molar-refractivity contribution >= 4 is 58.2 Å². The number of aryl methyl sites for hydroxylation is 1. The van der Waals surface area contributed by atoms with Gasteiger partial charge in [0.25, 0.3) is 0 Å². The number of thioether (sulfide) groups is 1. The maximum Gasteiger partial charge on any atom is 0.234 e. The highest BCUT2D eigenvalue weighted by atomic mass is 35.5. The summed E-state index contributed by atoms with van der Waals surface area (Å²) in [6, 6.07) is 10.6. The summed E-state index contributed by atoms with van der Waals surface area (Å²) in [5.74, 6) is 0.104. The van der Waals surface area contributed by atoms with E-state index >= 15 is 0 Å². The molecule has 21 heavy (non-hydrogen) atoms. The minimum absolute atomic E-state index is 0.124. The number of benzene rings is 2. The second-order valence-electron chi connectivity index (χ2n) is 4.35. The van der Waals surface area contributed by atoms with Crippen molar-refractivity contribution in [1.29, 1.82) is 0 Å². The van der Waals surface area contributed by atoms with Gasteiger partial charge in [0, 0.05) is 15.6 Å². The standard InChI is InChI=1S/C15H12Cl3NOS/c1-9-7-10(16)5-6-13(9)19-14(20)8-21-15-11(17)3-2-4-12(15)18/h2-7H,8H2,1H3,(H,19,20). The van der Waals surface area contributed by atoms with E-state index in [0.717, 1.165) is 11.3 Å². The minimum atomic E-state index is -0.124. The van der Waals surface area contributed by atoms with Gasteiger partial charge in [-0.25, -0.2) is 0 Å². The van der Waals surface area contributed by atoms with Crippen LogP contribution in [0.25, 0.3) is 0 Å². The maximum absolute atomic E-state index is 12.0. The molecule has 2 nitrogen and oxygen atoms in total. The van der Waals surface area contributed by atoms with Crippen LogP contribution in [0, 0.1) is 6.92 Å². The van der Waals surface area contributed by atoms with Crippen molar-refractivity contribution in [2.75, 3.05) is 11.1 Å². The highest BCUT2D eigenvalue weighted by Crippen LogP contribution is 2.33. The molecule has 2 aromatic rings. The van der Waals surface area contributed by atoms with E-state index in [2.05, 4.69) is 5.32 Å². The Morgan fingerprint density at radius 2 is 1.81 bits per heavy atom. The molecule has 1 N–H and O–H groups in total. The molecule has 6 heteroatoms. The summed E-state index contributed by atoms with van der Waals surface area (Å²) in [6.07, 6.45) is 0. The van der Waals surface area contributed by atoms with Crippen LogP contribution in [0.5, 0.6) is 0 Å². The van der Waals surface area contributed by atoms with Gasteiger partial charge in [0.15, 0.2) is 0 Å². The molecule has 0 aliphatic heterocycles. The number of hydrogen-bond acceptors (Lipinski definition) is 2. The zero-order valence-electron chi connectivity index (χ0n) is 11.1. The third-order valence-corrected chi connectivity index (χ3v) is 4.95. The smallest absolute Gasteiger partial charge is 0.234 e. The average molecular weight is 361 g/mol. The predicted molar refractivity (Wildman–Crippen MR) is 92.0 cm³/mol. The normalized spacial score (nSPS) is 10.5. The summed E-state index contributed by atoms with van der Waals surface area (Å²) in [7, 11) is 0. The van der Waals surface area contributed by atoms with E-state index in [1.165, 1.54) is 11.8 Å². The van der Waals surface area contributed by atoms with Gasteiger partial charge in [0.1, 0.15) is 0 Å². The fourth-order valence-electron chi connectivity index (χ4n) is 1.71. The summed E-state index contributed by atoms with van der Waals surface area (Å²) >= 11 is 19.3. The Bertz CT molecular complexity index is 656. The van der Waals surface area contributed by atoms with Crippen molar-refractivity contribution in [2.45, 2.75) is 11.8 Å². The van der Waals surface area contributed by atoms with Crippen LogP contribution < -0.4 is 5.32 Å². The Labute approximate surface area is 142 Å². The molecule has 0 aromatic heterocycles. The highest BCUT2D eigenvalue weighted by Gasteiger charge is 2.10. The van der Waals surface area contributed by atoms with Gasteiger partial charge in [-0.1, -0.05) is 40.9 Å². The average Bonchev–Trinajstić information content (AvgIpc) is 2.41. The Kier molecular flexibility index (Phi) is 5.82. The quantitative estimate of drug-likeness (QED) is 0.710. The first-order chi connectivity index (χ1) is 9.97. The summed E-state index contributed by atoms with van der Waals surface area (Å²) in [5.41, 5.74) is 1.66. The van der Waals surface area contributed by atoms with E-state index < -0.39 is 0 Å². The molecule has 0 heterocycles. The molecule has 0 fully saturated rings. The second kappa shape index (κ2) is 7.41. The van der Waals surface area contributed by atoms with Gasteiger partial charge in [-0.15, -0.1) is 11.8 Å². The summed E-state index contributed by atoms with van der Waals surface area (Å²) in [4.78, 5) is 12.7. The van der Waals surface area contributed by atoms with Crippen molar-refractivity contribution in [2.24, 2.45) is 0 Å². The van der Waals surface area contributed by atoms with Crippen molar-refractivity contribution in [3.63, 3.8) is 0 Å². The number of amides is 1. The van der Waals surface area contributed by atoms with Gasteiger partial charge < -0.3 is 5.32 Å². The zero-order valence-corrected chi connectivity index (χ0v) is 14.2. The number of hydrogen-bond donors (Lipinski definition) is 1. The summed E-state index contributed by atoms with van der Waals surface area (Å²) < 4.78 is 0. The molecule has 0 bridgehead atoms. The van der Waals surface area contributed by atoms with Crippen molar-refractivity contribution < 1.29 is 4.79 Å². The van der Waals surface area contributed by atoms with Crippen LogP contribution in [0.4, 0.5) is 5.69 Å². The van der Waals surface area contributed by atoms with Gasteiger partial charge in [-0.2, -0.15) is 0 Å². The molecule has 0 saturated carbocycles. The predicted octanol–water partition coefficient (Wildman–Crippen LogP) is 5.69. The van der Waals surface area contributed by atoms with E-state index in [1.54, 1.807) is 36.4 Å². The van der Waals surface area contributed by atoms with Crippen LogP contribution in [-0.2, 0) is 4.79 Å². The second-order valence-corrected chi connectivity index (χ2v) is 6.58. The molecule has 0 saturated heterocycles. The monoisotopic (exact) mass is 359 g/mol. The van der Waals surface area contributed by atoms with Crippen LogP contribution in [0.3, 0.4) is 0 Å². The van der Waals surface area contributed by atoms with Crippen LogP contribution in [0.1, 0.15) is 5.56 Å². The molecule has 0 aliphatic carbocycles. The first kappa shape index (κ1) is 16.5. The van der Waals surface area contributed by atoms with E-state index in [-0.39, 0.29) is 11.7 Å². The summed E-state index contributed by atoms with van der Waals surface area (Å²) in [5, 5.41) is 4.57. The van der Waals surface area contributed by atoms with Gasteiger partial charge in [0.05, 0.1) is 15.8 Å². The molecule has 1 amide bonds. The minimum Gasteiger partial charge on any atom is -0.325 e. The Hall–Kier alpha value is -0.870. The van der Waals surface area contributed by atoms with Gasteiger partial charge in [-0.05, 0) is 42.8 Å². The Balaban J connectivity index is 1.99. The van der Waals surface area contributed by atoms with Gasteiger partial charge in [0.2, 0.25) is 5.91 Å². The highest BCUT2D eigenvalue weighted by molar-refractivity contribution is 8.00. The molecule has 0 radical (unpaired) electrons. The van der Waals surface area contributed by atoms with E-state index in [4.69, 9.17) is 34.8 Å². The summed E-state index contributed by atoms with van der Waals surface area (Å²) in [6.45, 7) is 1.89. The third-order valence-electron chi connectivity index (χ3n) is 2.73. The van der Waals surface area contributed by atoms with Crippen LogP contribution >= 0.6 is 46.6 Å². The first-order valence-electron chi connectivity index (χ1n) is 6.10. The lowest BCUT2D eigenvalue weighted by Crippen LogP contribution is -2.14. The molecule has 2 aromatic carbocycles. The fraction of sp³-hybridized carbons (Fsp3) is 0.133. The third kappa shape index (κ3) is 4.55. The van der Waals surface area contributed by atoms with Gasteiger partial charge in [-0.3, -0.25) is 4.79 Å². The van der Waals surface area contributed by atoms with Crippen molar-refractivity contribution in [3.8, 4) is 0 Å². The van der Waals surface area contributed by atoms with Crippen molar-refractivity contribution in [3.05, 3.63) is 57.0 Å². The van der Waals surface area contributed by atoms with E-state index in [0.29, 0.717) is 20.0 Å². The molecular weight excluding hydrogens is 349 g/mol. The molecule has 0 atom stereocenters. The van der Waals surface area contributed by atoms with Crippen molar-refractivity contribution in [1.82, 2.24) is 0 Å². The number of carbonyl (C=O) groups excluding carboxylic acids is 1. The molecule has 0 spiro atoms. The molecule has 0 aliphatic rings. The van der Waals surface area contributed by atoms with Crippen LogP contribution in [-0.4, -0.2) is 11.7 Å². The SMILES string of the molecule is Cc1cc(Cl)ccc1NC(=O)CSc1c(Cl)cccc1Cl. The Morgan fingerprint density at radius 1 is 1.14 bits per heavy atom. The lowest BCUT2D eigenvalue weighted by atomic mass is 10.2. The van der Waals surface area contributed by atoms with E-state index in [9.17, 15) is 4.79 Å². The number of carbonyl (C=O) groups is 1. The van der Waals surface area contributed by atoms with E-state index in [1.807, 2.05) is 6.92 Å². The van der Waals surface area contributed by atoms with Gasteiger partial charge >= 0.3 is 0 Å². The molecule has 0 unspecified atom stereocenters. The fourth-order valence-corrected chi connectivity index (χ4v) is 3.42. The first-order valence-corrected chi connectivity index (χ1v) is 8.22. The lowest BCUT2D eigenvalue weighted by Gasteiger charge is -2.09. The largest absolute Gasteiger partial charge is 0.325 e. The maximum atomic E-state index is 12.0. The number of nitrogens with one attached hydrogen (secondary N) is 1. The topological polar surface area (TPSA) is 29.1 Å². The van der Waals surface area contributed by atoms with Crippen LogP contribution in [0.2, 0.25) is 15.1 Å². The number of halogens is 3. The molecule has 2 rings (SSSR count). The lowest BCUT2D eigenvalue weighted by molar-refractivity contribution is -0.113. The van der Waals surface area contributed by atoms with Crippen LogP contribution in [0.15, 0.2) is 41.3 Å². The zero-order chi connectivity index (χ0) is 15.4. The molecule has 110 valence electrons. The number of anilines is 1.